The van der Waals surface area contributed by atoms with Crippen molar-refractivity contribution < 1.29 is 18.0 Å². The lowest BCUT2D eigenvalue weighted by Gasteiger charge is -2.29. The molecular formula is C21H23F3N4O. The summed E-state index contributed by atoms with van der Waals surface area (Å²) in [5.41, 5.74) is 0.123. The molecule has 0 N–H and O–H groups in total. The highest BCUT2D eigenvalue weighted by atomic mass is 19.4. The number of benzene rings is 1. The van der Waals surface area contributed by atoms with E-state index in [1.165, 1.54) is 5.56 Å². The first-order valence-electron chi connectivity index (χ1n) is 9.71. The third-order valence-corrected chi connectivity index (χ3v) is 6.17. The van der Waals surface area contributed by atoms with Gasteiger partial charge in [0.05, 0.1) is 0 Å². The number of carbonyl (C=O) groups excluding carboxylic acids is 1. The Hall–Kier alpha value is -2.64. The van der Waals surface area contributed by atoms with E-state index in [-0.39, 0.29) is 23.2 Å². The highest BCUT2D eigenvalue weighted by molar-refractivity contribution is 5.73. The molecule has 0 unspecified atom stereocenters. The van der Waals surface area contributed by atoms with Crippen LogP contribution in [0.5, 0.6) is 0 Å². The first-order chi connectivity index (χ1) is 13.8. The molecule has 0 saturated carbocycles. The standard InChI is InChI=1S/C21H23F3N4O/c1-15(29)27-11-17-12-28(19-25-10-8-18(26-19)21(22,23)24)14-20(17,13-27)9-7-16-5-3-2-4-6-16/h2-6,8,10,17H,7,9,11-14H2,1H3/t17-,20+/m1/s1. The molecule has 2 aliphatic rings. The van der Waals surface area contributed by atoms with Crippen molar-refractivity contribution in [1.82, 2.24) is 14.9 Å². The van der Waals surface area contributed by atoms with Crippen molar-refractivity contribution in [2.75, 3.05) is 31.1 Å². The van der Waals surface area contributed by atoms with Gasteiger partial charge in [0.15, 0.2) is 0 Å². The van der Waals surface area contributed by atoms with Gasteiger partial charge in [-0.3, -0.25) is 4.79 Å². The van der Waals surface area contributed by atoms with E-state index in [0.29, 0.717) is 26.2 Å². The first kappa shape index (κ1) is 19.7. The fourth-order valence-corrected chi connectivity index (χ4v) is 4.63. The van der Waals surface area contributed by atoms with Crippen molar-refractivity contribution in [2.45, 2.75) is 25.9 Å². The van der Waals surface area contributed by atoms with E-state index in [4.69, 9.17) is 0 Å². The number of anilines is 1. The number of hydrogen-bond acceptors (Lipinski definition) is 4. The van der Waals surface area contributed by atoms with Crippen LogP contribution in [0.2, 0.25) is 0 Å². The van der Waals surface area contributed by atoms with Gasteiger partial charge in [0.1, 0.15) is 5.69 Å². The van der Waals surface area contributed by atoms with Crippen LogP contribution in [0.4, 0.5) is 19.1 Å². The Morgan fingerprint density at radius 2 is 1.93 bits per heavy atom. The monoisotopic (exact) mass is 404 g/mol. The lowest BCUT2D eigenvalue weighted by atomic mass is 9.76. The molecule has 8 heteroatoms. The lowest BCUT2D eigenvalue weighted by molar-refractivity contribution is -0.141. The third kappa shape index (κ3) is 3.93. The molecule has 4 rings (SSSR count). The number of fused-ring (bicyclic) bond motifs is 1. The van der Waals surface area contributed by atoms with Gasteiger partial charge >= 0.3 is 6.18 Å². The van der Waals surface area contributed by atoms with E-state index in [9.17, 15) is 18.0 Å². The van der Waals surface area contributed by atoms with Crippen molar-refractivity contribution in [3.05, 3.63) is 53.9 Å². The van der Waals surface area contributed by atoms with E-state index in [1.54, 1.807) is 6.92 Å². The number of halogens is 3. The van der Waals surface area contributed by atoms with Gasteiger partial charge in [0.25, 0.3) is 0 Å². The summed E-state index contributed by atoms with van der Waals surface area (Å²) in [6, 6.07) is 11.0. The van der Waals surface area contributed by atoms with Crippen molar-refractivity contribution in [1.29, 1.82) is 0 Å². The van der Waals surface area contributed by atoms with Crippen LogP contribution in [-0.2, 0) is 17.4 Å². The summed E-state index contributed by atoms with van der Waals surface area (Å²) in [6.07, 6.45) is -1.61. The van der Waals surface area contributed by atoms with Gasteiger partial charge in [-0.05, 0) is 24.5 Å². The van der Waals surface area contributed by atoms with Crippen molar-refractivity contribution >= 4 is 11.9 Å². The molecule has 5 nitrogen and oxygen atoms in total. The second-order valence-electron chi connectivity index (χ2n) is 8.06. The molecule has 1 amide bonds. The number of alkyl halides is 3. The molecule has 2 aliphatic heterocycles. The van der Waals surface area contributed by atoms with E-state index < -0.39 is 11.9 Å². The molecule has 2 saturated heterocycles. The van der Waals surface area contributed by atoms with Crippen LogP contribution in [0.15, 0.2) is 42.6 Å². The third-order valence-electron chi connectivity index (χ3n) is 6.17. The number of amides is 1. The van der Waals surface area contributed by atoms with Crippen molar-refractivity contribution in [2.24, 2.45) is 11.3 Å². The summed E-state index contributed by atoms with van der Waals surface area (Å²) in [5.74, 6) is 0.344. The van der Waals surface area contributed by atoms with Crippen LogP contribution >= 0.6 is 0 Å². The Labute approximate surface area is 167 Å². The van der Waals surface area contributed by atoms with E-state index in [0.717, 1.165) is 25.1 Å². The number of aromatic nitrogens is 2. The van der Waals surface area contributed by atoms with Gasteiger partial charge in [-0.15, -0.1) is 0 Å². The quantitative estimate of drug-likeness (QED) is 0.784. The SMILES string of the molecule is CC(=O)N1C[C@@H]2CN(c3nccc(C(F)(F)F)n3)C[C@]2(CCc2ccccc2)C1. The second kappa shape index (κ2) is 7.31. The molecule has 0 spiro atoms. The highest BCUT2D eigenvalue weighted by Gasteiger charge is 2.53. The number of nitrogens with zero attached hydrogens (tertiary/aromatic N) is 4. The maximum Gasteiger partial charge on any atom is 0.433 e. The average Bonchev–Trinajstić information content (AvgIpc) is 3.21. The lowest BCUT2D eigenvalue weighted by Crippen LogP contribution is -2.37. The summed E-state index contributed by atoms with van der Waals surface area (Å²) >= 11 is 0. The molecule has 1 aromatic carbocycles. The predicted octanol–water partition coefficient (Wildman–Crippen LogP) is 3.41. The Balaban J connectivity index is 1.57. The zero-order valence-corrected chi connectivity index (χ0v) is 16.2. The molecule has 29 heavy (non-hydrogen) atoms. The van der Waals surface area contributed by atoms with Crippen molar-refractivity contribution in [3.8, 4) is 0 Å². The fourth-order valence-electron chi connectivity index (χ4n) is 4.63. The Bertz CT molecular complexity index is 889. The normalized spacial score (nSPS) is 24.1. The minimum absolute atomic E-state index is 0.0420. The maximum absolute atomic E-state index is 13.1. The van der Waals surface area contributed by atoms with Crippen LogP contribution in [-0.4, -0.2) is 47.0 Å². The second-order valence-corrected chi connectivity index (χ2v) is 8.06. The minimum atomic E-state index is -4.50. The Morgan fingerprint density at radius 3 is 2.62 bits per heavy atom. The number of likely N-dealkylation sites (tertiary alicyclic amines) is 1. The van der Waals surface area contributed by atoms with Gasteiger partial charge in [-0.1, -0.05) is 30.3 Å². The number of hydrogen-bond donors (Lipinski definition) is 0. The molecule has 0 bridgehead atoms. The molecule has 3 heterocycles. The van der Waals surface area contributed by atoms with Crippen molar-refractivity contribution in [3.63, 3.8) is 0 Å². The maximum atomic E-state index is 13.1. The number of rotatable bonds is 4. The zero-order valence-electron chi connectivity index (χ0n) is 16.2. The molecule has 1 aromatic heterocycles. The van der Waals surface area contributed by atoms with Crippen LogP contribution < -0.4 is 4.90 Å². The van der Waals surface area contributed by atoms with Gasteiger partial charge < -0.3 is 9.80 Å². The van der Waals surface area contributed by atoms with Crippen LogP contribution in [0.3, 0.4) is 0 Å². The highest BCUT2D eigenvalue weighted by Crippen LogP contribution is 2.46. The van der Waals surface area contributed by atoms with Gasteiger partial charge in [-0.25, -0.2) is 9.97 Å². The molecule has 2 aromatic rings. The van der Waals surface area contributed by atoms with E-state index in [1.807, 2.05) is 28.0 Å². The van der Waals surface area contributed by atoms with Gasteiger partial charge in [0.2, 0.25) is 11.9 Å². The zero-order chi connectivity index (χ0) is 20.6. The smallest absolute Gasteiger partial charge is 0.342 e. The van der Waals surface area contributed by atoms with Gasteiger partial charge in [0, 0.05) is 50.6 Å². The Kier molecular flexibility index (Phi) is 4.96. The average molecular weight is 404 g/mol. The summed E-state index contributed by atoms with van der Waals surface area (Å²) in [7, 11) is 0. The Morgan fingerprint density at radius 1 is 1.17 bits per heavy atom. The summed E-state index contributed by atoms with van der Waals surface area (Å²) in [6.45, 7) is 3.92. The minimum Gasteiger partial charge on any atom is -0.342 e. The predicted molar refractivity (Wildman–Crippen MR) is 102 cm³/mol. The van der Waals surface area contributed by atoms with E-state index in [2.05, 4.69) is 22.1 Å². The molecule has 2 atom stereocenters. The molecular weight excluding hydrogens is 381 g/mol. The van der Waals surface area contributed by atoms with Crippen LogP contribution in [0.1, 0.15) is 24.6 Å². The van der Waals surface area contributed by atoms with Crippen LogP contribution in [0.25, 0.3) is 0 Å². The first-order valence-corrected chi connectivity index (χ1v) is 9.71. The molecule has 0 radical (unpaired) electrons. The van der Waals surface area contributed by atoms with Gasteiger partial charge in [-0.2, -0.15) is 13.2 Å². The van der Waals surface area contributed by atoms with E-state index >= 15 is 0 Å². The number of carbonyl (C=O) groups is 1. The molecule has 0 aliphatic carbocycles. The topological polar surface area (TPSA) is 49.3 Å². The summed E-state index contributed by atoms with van der Waals surface area (Å²) < 4.78 is 39.2. The summed E-state index contributed by atoms with van der Waals surface area (Å²) in [4.78, 5) is 23.5. The fraction of sp³-hybridized carbons (Fsp3) is 0.476. The number of aryl methyl sites for hydroxylation is 1. The molecule has 2 fully saturated rings. The summed E-state index contributed by atoms with van der Waals surface area (Å²) in [5, 5.41) is 0. The largest absolute Gasteiger partial charge is 0.433 e. The molecule has 154 valence electrons. The van der Waals surface area contributed by atoms with Crippen LogP contribution in [0, 0.1) is 11.3 Å².